The van der Waals surface area contributed by atoms with Gasteiger partial charge in [0.2, 0.25) is 0 Å². The third-order valence-electron chi connectivity index (χ3n) is 2.53. The molecule has 0 heterocycles. The number of nitrogen functional groups attached to an aromatic ring is 1. The van der Waals surface area contributed by atoms with Crippen molar-refractivity contribution in [2.24, 2.45) is 0 Å². The van der Waals surface area contributed by atoms with Crippen LogP contribution in [0.5, 0.6) is 0 Å². The lowest BCUT2D eigenvalue weighted by molar-refractivity contribution is 0.0468. The zero-order valence-electron chi connectivity index (χ0n) is 10.2. The maximum absolute atomic E-state index is 13.5. The molecule has 0 unspecified atom stereocenters. The Labute approximate surface area is 122 Å². The van der Waals surface area contributed by atoms with E-state index in [1.165, 1.54) is 18.2 Å². The van der Waals surface area contributed by atoms with Gasteiger partial charge in [0.1, 0.15) is 18.2 Å². The van der Waals surface area contributed by atoms with E-state index in [0.717, 1.165) is 12.1 Å². The molecule has 0 aliphatic carbocycles. The number of carbonyl (C=O) groups excluding carboxylic acids is 1. The molecule has 0 spiro atoms. The third kappa shape index (κ3) is 3.54. The molecular weight excluding hydrogens is 332 g/mol. The fourth-order valence-corrected chi connectivity index (χ4v) is 1.93. The lowest BCUT2D eigenvalue weighted by Crippen LogP contribution is -2.07. The van der Waals surface area contributed by atoms with Crippen molar-refractivity contribution in [1.29, 1.82) is 0 Å². The Morgan fingerprint density at radius 1 is 1.20 bits per heavy atom. The molecule has 2 N–H and O–H groups in total. The zero-order valence-corrected chi connectivity index (χ0v) is 11.8. The molecule has 3 nitrogen and oxygen atoms in total. The molecule has 0 amide bonds. The smallest absolute Gasteiger partial charge is 0.338 e. The van der Waals surface area contributed by atoms with Gasteiger partial charge in [-0.15, -0.1) is 0 Å². The molecule has 0 aliphatic rings. The van der Waals surface area contributed by atoms with Crippen molar-refractivity contribution >= 4 is 27.6 Å². The summed E-state index contributed by atoms with van der Waals surface area (Å²) >= 11 is 3.13. The number of rotatable bonds is 3. The van der Waals surface area contributed by atoms with E-state index < -0.39 is 17.6 Å². The predicted octanol–water partition coefficient (Wildman–Crippen LogP) is 3.67. The van der Waals surface area contributed by atoms with Crippen LogP contribution in [0.4, 0.5) is 14.5 Å². The predicted molar refractivity (Wildman–Crippen MR) is 74.0 cm³/mol. The topological polar surface area (TPSA) is 52.3 Å². The van der Waals surface area contributed by atoms with Crippen LogP contribution in [0.1, 0.15) is 15.9 Å². The van der Waals surface area contributed by atoms with Crippen LogP contribution in [-0.2, 0) is 11.3 Å². The Morgan fingerprint density at radius 2 is 1.95 bits per heavy atom. The summed E-state index contributed by atoms with van der Waals surface area (Å²) in [4.78, 5) is 11.7. The molecule has 2 aromatic rings. The van der Waals surface area contributed by atoms with Gasteiger partial charge in [0, 0.05) is 15.7 Å². The van der Waals surface area contributed by atoms with Crippen LogP contribution in [0.3, 0.4) is 0 Å². The summed E-state index contributed by atoms with van der Waals surface area (Å²) in [7, 11) is 0. The summed E-state index contributed by atoms with van der Waals surface area (Å²) in [6.07, 6.45) is 0. The van der Waals surface area contributed by atoms with Gasteiger partial charge >= 0.3 is 5.97 Å². The molecule has 0 aromatic heterocycles. The highest BCUT2D eigenvalue weighted by Crippen LogP contribution is 2.17. The van der Waals surface area contributed by atoms with E-state index in [1.807, 2.05) is 0 Å². The van der Waals surface area contributed by atoms with E-state index in [0.29, 0.717) is 4.47 Å². The molecule has 2 rings (SSSR count). The average Bonchev–Trinajstić information content (AvgIpc) is 2.36. The Morgan fingerprint density at radius 3 is 2.60 bits per heavy atom. The fourth-order valence-electron chi connectivity index (χ4n) is 1.60. The summed E-state index contributed by atoms with van der Waals surface area (Å²) in [6, 6.07) is 7.79. The average molecular weight is 342 g/mol. The Balaban J connectivity index is 2.08. The van der Waals surface area contributed by atoms with Gasteiger partial charge in [-0.2, -0.15) is 0 Å². The maximum atomic E-state index is 13.5. The van der Waals surface area contributed by atoms with Gasteiger partial charge in [0.05, 0.1) is 5.56 Å². The van der Waals surface area contributed by atoms with Gasteiger partial charge in [-0.3, -0.25) is 0 Å². The van der Waals surface area contributed by atoms with E-state index in [9.17, 15) is 13.6 Å². The van der Waals surface area contributed by atoms with Gasteiger partial charge in [-0.05, 0) is 30.3 Å². The highest BCUT2D eigenvalue weighted by Gasteiger charge is 2.11. The number of hydrogen-bond acceptors (Lipinski definition) is 3. The second-order valence-electron chi connectivity index (χ2n) is 4.09. The summed E-state index contributed by atoms with van der Waals surface area (Å²) in [5, 5.41) is 0. The number of halogens is 3. The Hall–Kier alpha value is -1.95. The molecule has 2 aromatic carbocycles. The summed E-state index contributed by atoms with van der Waals surface area (Å²) < 4.78 is 32.2. The van der Waals surface area contributed by atoms with E-state index in [4.69, 9.17) is 10.5 Å². The molecule has 0 radical (unpaired) electrons. The van der Waals surface area contributed by atoms with Gasteiger partial charge in [-0.1, -0.05) is 22.0 Å². The van der Waals surface area contributed by atoms with Crippen molar-refractivity contribution in [3.63, 3.8) is 0 Å². The van der Waals surface area contributed by atoms with Crippen molar-refractivity contribution in [3.8, 4) is 0 Å². The van der Waals surface area contributed by atoms with Crippen LogP contribution in [0.25, 0.3) is 0 Å². The first-order valence-corrected chi connectivity index (χ1v) is 6.42. The molecule has 0 atom stereocenters. The largest absolute Gasteiger partial charge is 0.457 e. The van der Waals surface area contributed by atoms with Gasteiger partial charge < -0.3 is 10.5 Å². The molecular formula is C14H10BrF2NO2. The molecule has 0 aliphatic heterocycles. The molecule has 0 saturated heterocycles. The van der Waals surface area contributed by atoms with Crippen LogP contribution >= 0.6 is 15.9 Å². The van der Waals surface area contributed by atoms with Crippen LogP contribution in [0.2, 0.25) is 0 Å². The van der Waals surface area contributed by atoms with Gasteiger partial charge in [0.25, 0.3) is 0 Å². The molecule has 20 heavy (non-hydrogen) atoms. The summed E-state index contributed by atoms with van der Waals surface area (Å²) in [5.41, 5.74) is 5.76. The fraction of sp³-hybridized carbons (Fsp3) is 0.0714. The van der Waals surface area contributed by atoms with Crippen molar-refractivity contribution in [1.82, 2.24) is 0 Å². The molecule has 104 valence electrons. The lowest BCUT2D eigenvalue weighted by atomic mass is 10.2. The number of ether oxygens (including phenoxy) is 1. The second-order valence-corrected chi connectivity index (χ2v) is 5.00. The Kier molecular flexibility index (Phi) is 4.34. The number of carbonyl (C=O) groups is 1. The minimum absolute atomic E-state index is 0.0139. The quantitative estimate of drug-likeness (QED) is 0.684. The summed E-state index contributed by atoms with van der Waals surface area (Å²) in [6.45, 7) is -0.242. The van der Waals surface area contributed by atoms with Crippen molar-refractivity contribution in [3.05, 3.63) is 63.6 Å². The number of benzene rings is 2. The second kappa shape index (κ2) is 6.00. The van der Waals surface area contributed by atoms with E-state index in [1.54, 1.807) is 6.07 Å². The van der Waals surface area contributed by atoms with Crippen LogP contribution in [-0.4, -0.2) is 5.97 Å². The molecule has 0 bridgehead atoms. The molecule has 0 saturated carbocycles. The number of anilines is 1. The highest BCUT2D eigenvalue weighted by atomic mass is 79.9. The first-order valence-electron chi connectivity index (χ1n) is 5.63. The number of nitrogens with two attached hydrogens (primary N) is 1. The molecule has 0 fully saturated rings. The van der Waals surface area contributed by atoms with Gasteiger partial charge in [-0.25, -0.2) is 13.6 Å². The lowest BCUT2D eigenvalue weighted by Gasteiger charge is -2.07. The highest BCUT2D eigenvalue weighted by molar-refractivity contribution is 9.10. The van der Waals surface area contributed by atoms with Crippen molar-refractivity contribution in [2.45, 2.75) is 6.61 Å². The summed E-state index contributed by atoms with van der Waals surface area (Å²) in [5.74, 6) is -1.89. The minimum Gasteiger partial charge on any atom is -0.457 e. The zero-order chi connectivity index (χ0) is 14.7. The number of esters is 1. The minimum atomic E-state index is -0.765. The standard InChI is InChI=1S/C14H10BrF2NO2/c15-10-2-1-8(13(17)5-10)7-20-14(19)9-3-11(16)6-12(18)4-9/h1-6H,7,18H2. The van der Waals surface area contributed by atoms with E-state index >= 15 is 0 Å². The maximum Gasteiger partial charge on any atom is 0.338 e. The first kappa shape index (κ1) is 14.5. The third-order valence-corrected chi connectivity index (χ3v) is 3.02. The Bertz CT molecular complexity index is 641. The SMILES string of the molecule is Nc1cc(F)cc(C(=O)OCc2ccc(Br)cc2F)c1. The number of hydrogen-bond donors (Lipinski definition) is 1. The van der Waals surface area contributed by atoms with Crippen molar-refractivity contribution in [2.75, 3.05) is 5.73 Å². The van der Waals surface area contributed by atoms with E-state index in [2.05, 4.69) is 15.9 Å². The molecule has 6 heteroatoms. The van der Waals surface area contributed by atoms with Crippen molar-refractivity contribution < 1.29 is 18.3 Å². The van der Waals surface area contributed by atoms with Crippen LogP contribution < -0.4 is 5.73 Å². The van der Waals surface area contributed by atoms with E-state index in [-0.39, 0.29) is 23.4 Å². The van der Waals surface area contributed by atoms with Crippen LogP contribution in [0, 0.1) is 11.6 Å². The van der Waals surface area contributed by atoms with Crippen LogP contribution in [0.15, 0.2) is 40.9 Å². The van der Waals surface area contributed by atoms with Gasteiger partial charge in [0.15, 0.2) is 0 Å². The normalized spacial score (nSPS) is 10.3. The first-order chi connectivity index (χ1) is 9.45. The monoisotopic (exact) mass is 341 g/mol.